The number of amides is 3. The number of carbonyl (C=O) groups excluding carboxylic acids is 3. The summed E-state index contributed by atoms with van der Waals surface area (Å²) in [5, 5.41) is 2.14. The Kier molecular flexibility index (Phi) is 6.37. The van der Waals surface area contributed by atoms with Crippen molar-refractivity contribution >= 4 is 17.7 Å². The van der Waals surface area contributed by atoms with Crippen molar-refractivity contribution in [1.29, 1.82) is 0 Å². The van der Waals surface area contributed by atoms with Crippen molar-refractivity contribution in [3.05, 3.63) is 29.8 Å². The summed E-state index contributed by atoms with van der Waals surface area (Å²) >= 11 is 0. The number of para-hydroxylation sites is 1. The third kappa shape index (κ3) is 4.76. The van der Waals surface area contributed by atoms with Crippen LogP contribution in [0.3, 0.4) is 0 Å². The lowest BCUT2D eigenvalue weighted by Gasteiger charge is -2.16. The topological polar surface area (TPSA) is 125 Å². The number of benzene rings is 1. The van der Waals surface area contributed by atoms with Gasteiger partial charge in [-0.15, -0.1) is 0 Å². The van der Waals surface area contributed by atoms with Gasteiger partial charge in [-0.3, -0.25) is 14.4 Å². The zero-order chi connectivity index (χ0) is 16.7. The van der Waals surface area contributed by atoms with E-state index >= 15 is 0 Å². The van der Waals surface area contributed by atoms with E-state index < -0.39 is 23.8 Å². The molecule has 7 heteroatoms. The highest BCUT2D eigenvalue weighted by Crippen LogP contribution is 2.28. The fourth-order valence-electron chi connectivity index (χ4n) is 1.87. The van der Waals surface area contributed by atoms with E-state index in [4.69, 9.17) is 16.2 Å². The standard InChI is InChI=1S/C15H21N3O4/c1-3-9(2)10-6-4-5-7-11(10)22-8-12(19)18-13(14(16)20)15(17)21/h4-7,9,13H,3,8H2,1-2H3,(H2,16,20)(H2,17,21)(H,18,19)/t9-/m0/s1. The second-order valence-electron chi connectivity index (χ2n) is 4.94. The van der Waals surface area contributed by atoms with Crippen LogP contribution in [-0.2, 0) is 14.4 Å². The van der Waals surface area contributed by atoms with E-state index in [2.05, 4.69) is 19.2 Å². The SMILES string of the molecule is CC[C@H](C)c1ccccc1OCC(=O)NC(C(N)=O)C(N)=O. The van der Waals surface area contributed by atoms with Gasteiger partial charge in [-0.2, -0.15) is 0 Å². The van der Waals surface area contributed by atoms with Crippen LogP contribution in [0, 0.1) is 0 Å². The number of hydrogen-bond donors (Lipinski definition) is 3. The van der Waals surface area contributed by atoms with Gasteiger partial charge in [0.15, 0.2) is 12.6 Å². The second-order valence-corrected chi connectivity index (χ2v) is 4.94. The molecule has 0 aliphatic rings. The van der Waals surface area contributed by atoms with E-state index in [0.717, 1.165) is 12.0 Å². The molecule has 0 aromatic heterocycles. The van der Waals surface area contributed by atoms with Gasteiger partial charge >= 0.3 is 0 Å². The Hall–Kier alpha value is -2.57. The van der Waals surface area contributed by atoms with Crippen LogP contribution in [-0.4, -0.2) is 30.4 Å². The Morgan fingerprint density at radius 2 is 1.77 bits per heavy atom. The van der Waals surface area contributed by atoms with Crippen LogP contribution in [0.4, 0.5) is 0 Å². The van der Waals surface area contributed by atoms with E-state index in [1.54, 1.807) is 12.1 Å². The molecular formula is C15H21N3O4. The van der Waals surface area contributed by atoms with Crippen molar-refractivity contribution in [3.63, 3.8) is 0 Å². The van der Waals surface area contributed by atoms with E-state index in [1.165, 1.54) is 0 Å². The molecule has 0 spiro atoms. The quantitative estimate of drug-likeness (QED) is 0.586. The van der Waals surface area contributed by atoms with Crippen LogP contribution in [0.25, 0.3) is 0 Å². The molecule has 0 saturated heterocycles. The van der Waals surface area contributed by atoms with Gasteiger partial charge in [0.05, 0.1) is 0 Å². The maximum atomic E-state index is 11.7. The molecule has 3 amide bonds. The predicted molar refractivity (Wildman–Crippen MR) is 81.0 cm³/mol. The summed E-state index contributed by atoms with van der Waals surface area (Å²) in [4.78, 5) is 33.7. The molecule has 0 aliphatic heterocycles. The third-order valence-corrected chi connectivity index (χ3v) is 3.30. The first-order valence-corrected chi connectivity index (χ1v) is 6.96. The van der Waals surface area contributed by atoms with Gasteiger partial charge in [-0.05, 0) is 24.0 Å². The lowest BCUT2D eigenvalue weighted by atomic mass is 9.98. The van der Waals surface area contributed by atoms with Crippen LogP contribution in [0.1, 0.15) is 31.7 Å². The van der Waals surface area contributed by atoms with Crippen LogP contribution < -0.4 is 21.5 Å². The van der Waals surface area contributed by atoms with Crippen LogP contribution in [0.2, 0.25) is 0 Å². The molecular weight excluding hydrogens is 286 g/mol. The predicted octanol–water partition coefficient (Wildman–Crippen LogP) is 0.0343. The lowest BCUT2D eigenvalue weighted by molar-refractivity contribution is -0.134. The Morgan fingerprint density at radius 1 is 1.18 bits per heavy atom. The van der Waals surface area contributed by atoms with E-state index in [0.29, 0.717) is 5.75 Å². The van der Waals surface area contributed by atoms with Crippen LogP contribution in [0.15, 0.2) is 24.3 Å². The maximum Gasteiger partial charge on any atom is 0.258 e. The Morgan fingerprint density at radius 3 is 2.32 bits per heavy atom. The molecule has 0 bridgehead atoms. The molecule has 0 heterocycles. The number of rotatable bonds is 8. The summed E-state index contributed by atoms with van der Waals surface area (Å²) in [5.74, 6) is -1.81. The number of carbonyl (C=O) groups is 3. The molecule has 0 radical (unpaired) electrons. The van der Waals surface area contributed by atoms with Crippen molar-refractivity contribution < 1.29 is 19.1 Å². The van der Waals surface area contributed by atoms with Crippen molar-refractivity contribution in [2.45, 2.75) is 32.2 Å². The summed E-state index contributed by atoms with van der Waals surface area (Å²) in [6.07, 6.45) is 0.929. The Bertz CT molecular complexity index is 545. The number of ether oxygens (including phenoxy) is 1. The van der Waals surface area contributed by atoms with Gasteiger partial charge < -0.3 is 21.5 Å². The monoisotopic (exact) mass is 307 g/mol. The lowest BCUT2D eigenvalue weighted by Crippen LogP contribution is -2.53. The second kappa shape index (κ2) is 8.02. The molecule has 120 valence electrons. The largest absolute Gasteiger partial charge is 0.483 e. The van der Waals surface area contributed by atoms with E-state index in [9.17, 15) is 14.4 Å². The molecule has 0 saturated carbocycles. The fourth-order valence-corrected chi connectivity index (χ4v) is 1.87. The first kappa shape index (κ1) is 17.5. The van der Waals surface area contributed by atoms with Gasteiger partial charge in [0.25, 0.3) is 5.91 Å². The minimum Gasteiger partial charge on any atom is -0.483 e. The normalized spacial score (nSPS) is 11.8. The number of nitrogens with one attached hydrogen (secondary N) is 1. The van der Waals surface area contributed by atoms with E-state index in [1.807, 2.05) is 12.1 Å². The highest BCUT2D eigenvalue weighted by Gasteiger charge is 2.24. The Labute approximate surface area is 129 Å². The number of hydrogen-bond acceptors (Lipinski definition) is 4. The van der Waals surface area contributed by atoms with Gasteiger partial charge in [0.2, 0.25) is 11.8 Å². The summed E-state index contributed by atoms with van der Waals surface area (Å²) < 4.78 is 5.47. The Balaban J connectivity index is 2.69. The van der Waals surface area contributed by atoms with E-state index in [-0.39, 0.29) is 12.5 Å². The van der Waals surface area contributed by atoms with Gasteiger partial charge in [-0.1, -0.05) is 32.0 Å². The molecule has 22 heavy (non-hydrogen) atoms. The maximum absolute atomic E-state index is 11.7. The van der Waals surface area contributed by atoms with Crippen molar-refractivity contribution in [3.8, 4) is 5.75 Å². The smallest absolute Gasteiger partial charge is 0.258 e. The molecule has 1 atom stereocenters. The average molecular weight is 307 g/mol. The highest BCUT2D eigenvalue weighted by atomic mass is 16.5. The summed E-state index contributed by atoms with van der Waals surface area (Å²) in [7, 11) is 0. The number of nitrogens with two attached hydrogens (primary N) is 2. The van der Waals surface area contributed by atoms with Gasteiger partial charge in [0.1, 0.15) is 5.75 Å². The van der Waals surface area contributed by atoms with Crippen LogP contribution >= 0.6 is 0 Å². The molecule has 5 N–H and O–H groups in total. The first-order chi connectivity index (χ1) is 10.4. The minimum atomic E-state index is -1.54. The van der Waals surface area contributed by atoms with Crippen molar-refractivity contribution in [2.75, 3.05) is 6.61 Å². The first-order valence-electron chi connectivity index (χ1n) is 6.96. The van der Waals surface area contributed by atoms with Crippen molar-refractivity contribution in [2.24, 2.45) is 11.5 Å². The molecule has 1 aromatic rings. The zero-order valence-electron chi connectivity index (χ0n) is 12.7. The summed E-state index contributed by atoms with van der Waals surface area (Å²) in [6, 6.07) is 5.84. The fraction of sp³-hybridized carbons (Fsp3) is 0.400. The minimum absolute atomic E-state index is 0.281. The molecule has 0 aliphatic carbocycles. The summed E-state index contributed by atoms with van der Waals surface area (Å²) in [5.41, 5.74) is 10.9. The van der Waals surface area contributed by atoms with Gasteiger partial charge in [0, 0.05) is 0 Å². The zero-order valence-corrected chi connectivity index (χ0v) is 12.7. The highest BCUT2D eigenvalue weighted by molar-refractivity contribution is 6.05. The molecule has 1 rings (SSSR count). The molecule has 1 aromatic carbocycles. The summed E-state index contributed by atoms with van der Waals surface area (Å²) in [6.45, 7) is 3.77. The van der Waals surface area contributed by atoms with Crippen LogP contribution in [0.5, 0.6) is 5.75 Å². The van der Waals surface area contributed by atoms with Crippen molar-refractivity contribution in [1.82, 2.24) is 5.32 Å². The molecule has 7 nitrogen and oxygen atoms in total. The van der Waals surface area contributed by atoms with Gasteiger partial charge in [-0.25, -0.2) is 0 Å². The third-order valence-electron chi connectivity index (χ3n) is 3.30. The molecule has 0 fully saturated rings. The molecule has 0 unspecified atom stereocenters. The average Bonchev–Trinajstić information content (AvgIpc) is 2.49. The number of primary amides is 2.